The van der Waals surface area contributed by atoms with Crippen LogP contribution in [0.5, 0.6) is 0 Å². The number of nitrogens with one attached hydrogen (secondary N) is 2. The predicted octanol–water partition coefficient (Wildman–Crippen LogP) is 3.74. The van der Waals surface area contributed by atoms with Gasteiger partial charge in [0.1, 0.15) is 17.4 Å². The molecule has 1 unspecified atom stereocenters. The number of aryl methyl sites for hydroxylation is 1. The van der Waals surface area contributed by atoms with Gasteiger partial charge >= 0.3 is 5.69 Å². The Morgan fingerprint density at radius 2 is 1.75 bits per heavy atom. The smallest absolute Gasteiger partial charge is 0.329 e. The minimum Gasteiger partial charge on any atom is -0.374 e. The number of ether oxygens (including phenoxy) is 1. The molecule has 9 heterocycles. The van der Waals surface area contributed by atoms with Crippen molar-refractivity contribution < 1.29 is 27.9 Å². The molecule has 4 aromatic heterocycles. The highest BCUT2D eigenvalue weighted by Gasteiger charge is 2.40. The number of imide groups is 1. The van der Waals surface area contributed by atoms with E-state index < -0.39 is 30.0 Å². The van der Waals surface area contributed by atoms with Crippen molar-refractivity contribution in [3.63, 3.8) is 0 Å². The van der Waals surface area contributed by atoms with Crippen molar-refractivity contribution in [2.24, 2.45) is 13.0 Å². The summed E-state index contributed by atoms with van der Waals surface area (Å²) in [6.07, 6.45) is 9.36. The van der Waals surface area contributed by atoms with E-state index in [0.29, 0.717) is 36.2 Å². The zero-order valence-corrected chi connectivity index (χ0v) is 36.5. The van der Waals surface area contributed by atoms with Crippen LogP contribution < -0.4 is 26.1 Å². The predicted molar refractivity (Wildman–Crippen MR) is 236 cm³/mol. The molecule has 3 atom stereocenters. The molecule has 6 fully saturated rings. The second-order valence-corrected chi connectivity index (χ2v) is 18.8. The minimum atomic E-state index is -2.85. The van der Waals surface area contributed by atoms with E-state index in [2.05, 4.69) is 46.5 Å². The number of piperidine rings is 2. The molecule has 65 heavy (non-hydrogen) atoms. The highest BCUT2D eigenvalue weighted by molar-refractivity contribution is 6.08. The molecule has 1 aliphatic carbocycles. The van der Waals surface area contributed by atoms with Crippen molar-refractivity contribution in [2.45, 2.75) is 94.5 Å². The SMILES string of the molecule is Cn1c(=O)n(C2CCC(=O)NC2=O)c2cccc(N3CCN(C4CCN(CC5CCC(n6cc(NC(=O)c7cnn8ccc(N9C[C@H]%10C[C@@H]9CO%10)nc78)c(C(F)F)n6)CC5)CC4)CC3)c21. The van der Waals surface area contributed by atoms with Gasteiger partial charge in [-0.3, -0.25) is 38.4 Å². The van der Waals surface area contributed by atoms with Crippen LogP contribution in [0.25, 0.3) is 16.7 Å². The van der Waals surface area contributed by atoms with E-state index in [1.54, 1.807) is 33.3 Å². The van der Waals surface area contributed by atoms with Crippen LogP contribution in [0.4, 0.5) is 26.0 Å². The summed E-state index contributed by atoms with van der Waals surface area (Å²) in [4.78, 5) is 66.1. The standard InChI is InChI=1S/C45H55F2N13O5/c1-53-40-34(3-2-4-35(40)60(45(53)64)36-9-10-38(61)51-44(36)63)56-19-17-55(18-20-56)28-11-14-54(15-12-28)23-27-5-7-29(8-6-27)59-25-33(39(52-59)41(46)47)49-43(62)32-22-48-58-16-13-37(50-42(32)58)57-24-31-21-30(57)26-65-31/h2-4,13,16,22,25,27-31,36,41H,5-12,14-15,17-21,23-24,26H2,1H3,(H,49,62)(H,51,61,63)/t27?,29?,30-,31-,36?/m1/s1. The van der Waals surface area contributed by atoms with Crippen molar-refractivity contribution >= 4 is 51.6 Å². The molecule has 6 aliphatic rings. The lowest BCUT2D eigenvalue weighted by atomic mass is 9.85. The van der Waals surface area contributed by atoms with E-state index in [0.717, 1.165) is 114 Å². The molecule has 2 N–H and O–H groups in total. The van der Waals surface area contributed by atoms with Crippen LogP contribution in [-0.2, 0) is 21.4 Å². The van der Waals surface area contributed by atoms with Gasteiger partial charge < -0.3 is 24.8 Å². The van der Waals surface area contributed by atoms with Crippen LogP contribution >= 0.6 is 0 Å². The number of para-hydroxylation sites is 1. The number of nitrogens with zero attached hydrogens (tertiary/aromatic N) is 11. The molecular weight excluding hydrogens is 841 g/mol. The molecule has 18 nitrogen and oxygen atoms in total. The Hall–Kier alpha value is -5.73. The lowest BCUT2D eigenvalue weighted by Gasteiger charge is -2.44. The number of imidazole rings is 1. The van der Waals surface area contributed by atoms with Crippen molar-refractivity contribution in [2.75, 3.05) is 74.1 Å². The molecule has 2 bridgehead atoms. The summed E-state index contributed by atoms with van der Waals surface area (Å²) in [6, 6.07) is 7.77. The number of fused-ring (bicyclic) bond motifs is 4. The minimum absolute atomic E-state index is 0.00644. The number of morpholine rings is 1. The normalized spacial score (nSPS) is 26.0. The van der Waals surface area contributed by atoms with Crippen molar-refractivity contribution in [3.8, 4) is 0 Å². The summed E-state index contributed by atoms with van der Waals surface area (Å²) in [6.45, 7) is 8.01. The second kappa shape index (κ2) is 16.9. The van der Waals surface area contributed by atoms with E-state index >= 15 is 0 Å². The highest BCUT2D eigenvalue weighted by atomic mass is 19.3. The molecule has 0 radical (unpaired) electrons. The average Bonchev–Trinajstić information content (AvgIpc) is 4.17. The number of likely N-dealkylation sites (tertiary alicyclic amines) is 1. The zero-order valence-electron chi connectivity index (χ0n) is 36.5. The Balaban J connectivity index is 0.663. The second-order valence-electron chi connectivity index (χ2n) is 18.8. The van der Waals surface area contributed by atoms with Crippen LogP contribution in [0.3, 0.4) is 0 Å². The molecule has 1 saturated carbocycles. The number of amides is 3. The lowest BCUT2D eigenvalue weighted by molar-refractivity contribution is -0.135. The van der Waals surface area contributed by atoms with Gasteiger partial charge in [-0.25, -0.2) is 23.1 Å². The first-order valence-electron chi connectivity index (χ1n) is 23.2. The molecule has 0 spiro atoms. The number of carbonyl (C=O) groups is 3. The molecular formula is C45H55F2N13O5. The third-order valence-corrected chi connectivity index (χ3v) is 15.0. The Morgan fingerprint density at radius 3 is 2.48 bits per heavy atom. The Bertz CT molecular complexity index is 2690. The Kier molecular flexibility index (Phi) is 10.9. The summed E-state index contributed by atoms with van der Waals surface area (Å²) in [7, 11) is 1.75. The fourth-order valence-corrected chi connectivity index (χ4v) is 11.6. The Morgan fingerprint density at radius 1 is 0.954 bits per heavy atom. The van der Waals surface area contributed by atoms with E-state index in [4.69, 9.17) is 9.72 Å². The van der Waals surface area contributed by atoms with Gasteiger partial charge in [0, 0.05) is 71.2 Å². The molecule has 344 valence electrons. The number of halogens is 2. The molecule has 20 heteroatoms. The fraction of sp³-hybridized carbons (Fsp3) is 0.578. The van der Waals surface area contributed by atoms with Crippen molar-refractivity contribution in [1.29, 1.82) is 0 Å². The monoisotopic (exact) mass is 895 g/mol. The van der Waals surface area contributed by atoms with Crippen LogP contribution in [0.2, 0.25) is 0 Å². The number of carbonyl (C=O) groups excluding carboxylic acids is 3. The third kappa shape index (κ3) is 7.75. The van der Waals surface area contributed by atoms with E-state index in [1.807, 2.05) is 18.2 Å². The number of aromatic nitrogens is 7. The van der Waals surface area contributed by atoms with E-state index in [9.17, 15) is 28.0 Å². The van der Waals surface area contributed by atoms with Crippen molar-refractivity contribution in [1.82, 2.24) is 48.6 Å². The van der Waals surface area contributed by atoms with Gasteiger partial charge in [0.25, 0.3) is 12.3 Å². The largest absolute Gasteiger partial charge is 0.374 e. The van der Waals surface area contributed by atoms with Crippen molar-refractivity contribution in [3.05, 3.63) is 64.6 Å². The van der Waals surface area contributed by atoms with Gasteiger partial charge in [0.15, 0.2) is 11.3 Å². The fourth-order valence-electron chi connectivity index (χ4n) is 11.6. The van der Waals surface area contributed by atoms with Gasteiger partial charge in [-0.05, 0) is 88.6 Å². The lowest BCUT2D eigenvalue weighted by Crippen LogP contribution is -2.53. The summed E-state index contributed by atoms with van der Waals surface area (Å²) >= 11 is 0. The van der Waals surface area contributed by atoms with Gasteiger partial charge in [0.2, 0.25) is 11.8 Å². The number of rotatable bonds is 10. The van der Waals surface area contributed by atoms with E-state index in [-0.39, 0.29) is 47.5 Å². The van der Waals surface area contributed by atoms with E-state index in [1.165, 1.54) is 10.7 Å². The summed E-state index contributed by atoms with van der Waals surface area (Å²) < 4.78 is 40.8. The quantitative estimate of drug-likeness (QED) is 0.195. The first-order chi connectivity index (χ1) is 31.6. The van der Waals surface area contributed by atoms with Gasteiger partial charge in [0.05, 0.1) is 53.4 Å². The first kappa shape index (κ1) is 41.9. The maximum atomic E-state index is 14.3. The highest BCUT2D eigenvalue weighted by Crippen LogP contribution is 2.37. The van der Waals surface area contributed by atoms with Crippen LogP contribution in [0.1, 0.15) is 92.3 Å². The number of hydrogen-bond acceptors (Lipinski definition) is 12. The van der Waals surface area contributed by atoms with Gasteiger partial charge in [-0.2, -0.15) is 10.2 Å². The number of hydrogen-bond donors (Lipinski definition) is 2. The average molecular weight is 896 g/mol. The number of piperazine rings is 1. The Labute approximate surface area is 373 Å². The summed E-state index contributed by atoms with van der Waals surface area (Å²) in [5, 5.41) is 13.7. The van der Waals surface area contributed by atoms with Gasteiger partial charge in [-0.1, -0.05) is 6.07 Å². The van der Waals surface area contributed by atoms with Crippen LogP contribution in [0, 0.1) is 5.92 Å². The maximum absolute atomic E-state index is 14.3. The van der Waals surface area contributed by atoms with Gasteiger partial charge in [-0.15, -0.1) is 0 Å². The molecule has 11 rings (SSSR count). The third-order valence-electron chi connectivity index (χ3n) is 15.0. The number of anilines is 3. The topological polar surface area (TPSA) is 172 Å². The molecule has 1 aromatic carbocycles. The number of alkyl halides is 2. The zero-order chi connectivity index (χ0) is 44.5. The molecule has 5 aromatic rings. The maximum Gasteiger partial charge on any atom is 0.329 e. The summed E-state index contributed by atoms with van der Waals surface area (Å²) in [5.74, 6) is -0.0364. The van der Waals surface area contributed by atoms with Crippen LogP contribution in [-0.4, -0.2) is 138 Å². The first-order valence-corrected chi connectivity index (χ1v) is 23.2. The molecule has 3 amide bonds. The molecule has 5 saturated heterocycles. The summed E-state index contributed by atoms with van der Waals surface area (Å²) in [5.41, 5.74) is 2.37. The molecule has 5 aliphatic heterocycles. The number of benzene rings is 1. The van der Waals surface area contributed by atoms with Crippen LogP contribution in [0.15, 0.2) is 47.7 Å².